The number of hydrogen-bond acceptors (Lipinski definition) is 5. The van der Waals surface area contributed by atoms with Gasteiger partial charge in [0.1, 0.15) is 23.2 Å². The lowest BCUT2D eigenvalue weighted by atomic mass is 9.95. The van der Waals surface area contributed by atoms with Crippen molar-refractivity contribution >= 4 is 30.7 Å². The number of allylic oxidation sites excluding steroid dienone is 2. The predicted molar refractivity (Wildman–Crippen MR) is 143 cm³/mol. The number of carbonyl (C=O) groups excluding carboxylic acids is 2. The first-order chi connectivity index (χ1) is 16.9. The Morgan fingerprint density at radius 3 is 1.97 bits per heavy atom. The normalized spacial score (nSPS) is 17.1. The van der Waals surface area contributed by atoms with Crippen molar-refractivity contribution in [1.82, 2.24) is 4.90 Å². The summed E-state index contributed by atoms with van der Waals surface area (Å²) in [7, 11) is -2.85. The van der Waals surface area contributed by atoms with Gasteiger partial charge in [-0.3, -0.25) is 4.90 Å². The smallest absolute Gasteiger partial charge is 0.411 e. The Bertz CT molecular complexity index is 1160. The topological polar surface area (TPSA) is 79.6 Å². The summed E-state index contributed by atoms with van der Waals surface area (Å²) in [6.07, 6.45) is 1.05. The van der Waals surface area contributed by atoms with Crippen LogP contribution in [-0.4, -0.2) is 50.0 Å². The molecular formula is C29H34N2O4Si. The highest BCUT2D eigenvalue weighted by Gasteiger charge is 2.51. The van der Waals surface area contributed by atoms with Crippen molar-refractivity contribution in [2.24, 2.45) is 0 Å². The van der Waals surface area contributed by atoms with E-state index in [4.69, 9.17) is 9.16 Å². The number of carbonyl (C=O) groups is 1. The Labute approximate surface area is 215 Å². The standard InChI is InChI=1S/C29H34N2O4Si/c1-28(2,3)35-27(33)31-19-23(17-22(18-30)20-32)26(31)21-34-36(29(4,5)6,24-13-9-7-10-14-24)25-15-11-8-12-16-25/h7-17,26H,19,21H2,1-6H3/b23-17+. The van der Waals surface area contributed by atoms with Crippen molar-refractivity contribution in [1.29, 1.82) is 5.26 Å². The van der Waals surface area contributed by atoms with Crippen LogP contribution in [-0.2, 0) is 14.0 Å². The monoisotopic (exact) mass is 502 g/mol. The van der Waals surface area contributed by atoms with E-state index < -0.39 is 26.1 Å². The van der Waals surface area contributed by atoms with Crippen LogP contribution in [0.25, 0.3) is 0 Å². The summed E-state index contributed by atoms with van der Waals surface area (Å²) in [5.41, 5.74) is 0.00322. The molecule has 0 aromatic heterocycles. The minimum Gasteiger partial charge on any atom is -0.444 e. The molecule has 2 aromatic carbocycles. The van der Waals surface area contributed by atoms with Gasteiger partial charge in [-0.2, -0.15) is 5.26 Å². The van der Waals surface area contributed by atoms with Crippen LogP contribution in [0.15, 0.2) is 77.9 Å². The fraction of sp³-hybridized carbons (Fsp3) is 0.379. The molecule has 0 radical (unpaired) electrons. The number of benzene rings is 2. The highest BCUT2D eigenvalue weighted by Crippen LogP contribution is 2.38. The molecule has 1 unspecified atom stereocenters. The summed E-state index contributed by atoms with van der Waals surface area (Å²) in [6, 6.07) is 21.9. The van der Waals surface area contributed by atoms with Crippen LogP contribution in [0.2, 0.25) is 5.04 Å². The van der Waals surface area contributed by atoms with E-state index in [9.17, 15) is 14.9 Å². The van der Waals surface area contributed by atoms with Crippen molar-refractivity contribution in [3.8, 4) is 6.07 Å². The van der Waals surface area contributed by atoms with Crippen LogP contribution in [0.4, 0.5) is 4.79 Å². The van der Waals surface area contributed by atoms with Gasteiger partial charge < -0.3 is 9.16 Å². The first-order valence-electron chi connectivity index (χ1n) is 12.0. The molecule has 1 aliphatic heterocycles. The van der Waals surface area contributed by atoms with Gasteiger partial charge >= 0.3 is 6.09 Å². The van der Waals surface area contributed by atoms with Crippen molar-refractivity contribution in [3.05, 3.63) is 77.9 Å². The van der Waals surface area contributed by atoms with Crippen molar-refractivity contribution in [3.63, 3.8) is 0 Å². The van der Waals surface area contributed by atoms with Gasteiger partial charge in [-0.15, -0.1) is 0 Å². The van der Waals surface area contributed by atoms with Gasteiger partial charge in [-0.05, 0) is 47.8 Å². The average Bonchev–Trinajstić information content (AvgIpc) is 2.80. The lowest BCUT2D eigenvalue weighted by Gasteiger charge is -2.48. The van der Waals surface area contributed by atoms with Gasteiger partial charge in [-0.1, -0.05) is 81.4 Å². The molecule has 6 nitrogen and oxygen atoms in total. The number of rotatable bonds is 6. The lowest BCUT2D eigenvalue weighted by molar-refractivity contribution is 0.00294. The van der Waals surface area contributed by atoms with E-state index in [2.05, 4.69) is 45.0 Å². The zero-order valence-electron chi connectivity index (χ0n) is 21.9. The second-order valence-electron chi connectivity index (χ2n) is 10.9. The molecule has 0 spiro atoms. The van der Waals surface area contributed by atoms with Crippen molar-refractivity contribution < 1.29 is 18.8 Å². The zero-order valence-corrected chi connectivity index (χ0v) is 22.9. The summed E-state index contributed by atoms with van der Waals surface area (Å²) in [5.74, 6) is 1.66. The van der Waals surface area contributed by atoms with Gasteiger partial charge in [0, 0.05) is 6.54 Å². The predicted octanol–water partition coefficient (Wildman–Crippen LogP) is 4.39. The molecule has 7 heteroatoms. The summed E-state index contributed by atoms with van der Waals surface area (Å²) < 4.78 is 12.6. The Balaban J connectivity index is 2.05. The van der Waals surface area contributed by atoms with Gasteiger partial charge in [0.2, 0.25) is 0 Å². The molecule has 3 rings (SSSR count). The Morgan fingerprint density at radius 2 is 1.56 bits per heavy atom. The minimum atomic E-state index is -2.85. The van der Waals surface area contributed by atoms with Crippen LogP contribution in [0.5, 0.6) is 0 Å². The number of hydrogen-bond donors (Lipinski definition) is 0. The van der Waals surface area contributed by atoms with Crippen molar-refractivity contribution in [2.45, 2.75) is 58.2 Å². The molecule has 1 aliphatic rings. The molecule has 1 amide bonds. The van der Waals surface area contributed by atoms with E-state index in [1.165, 1.54) is 6.08 Å². The number of nitrogens with zero attached hydrogens (tertiary/aromatic N) is 2. The molecular weight excluding hydrogens is 468 g/mol. The van der Waals surface area contributed by atoms with E-state index >= 15 is 0 Å². The molecule has 1 fully saturated rings. The van der Waals surface area contributed by atoms with Crippen LogP contribution in [0.1, 0.15) is 41.5 Å². The first-order valence-corrected chi connectivity index (χ1v) is 13.9. The maximum absolute atomic E-state index is 13.0. The molecule has 0 aliphatic carbocycles. The summed E-state index contributed by atoms with van der Waals surface area (Å²) >= 11 is 0. The fourth-order valence-electron chi connectivity index (χ4n) is 4.59. The highest BCUT2D eigenvalue weighted by atomic mass is 28.4. The second-order valence-corrected chi connectivity index (χ2v) is 15.3. The largest absolute Gasteiger partial charge is 0.444 e. The van der Waals surface area contributed by atoms with E-state index in [1.54, 1.807) is 10.8 Å². The molecule has 36 heavy (non-hydrogen) atoms. The maximum Gasteiger partial charge on any atom is 0.411 e. The van der Waals surface area contributed by atoms with E-state index in [1.807, 2.05) is 63.2 Å². The van der Waals surface area contributed by atoms with Gasteiger partial charge in [0.15, 0.2) is 0 Å². The number of nitriles is 1. The SMILES string of the molecule is CC(C)(C)OC(=O)N1C/C(=C\C(=C=O)C#N)C1CO[Si](c1ccccc1)(c1ccccc1)C(C)(C)C. The maximum atomic E-state index is 13.0. The molecule has 188 valence electrons. The molecule has 0 N–H and O–H groups in total. The molecule has 1 saturated heterocycles. The van der Waals surface area contributed by atoms with Crippen LogP contribution >= 0.6 is 0 Å². The van der Waals surface area contributed by atoms with Gasteiger partial charge in [0.25, 0.3) is 8.32 Å². The Kier molecular flexibility index (Phi) is 8.05. The van der Waals surface area contributed by atoms with Gasteiger partial charge in [0.05, 0.1) is 12.6 Å². The molecule has 1 heterocycles. The third-order valence-electron chi connectivity index (χ3n) is 6.22. The number of ether oxygens (including phenoxy) is 1. The summed E-state index contributed by atoms with van der Waals surface area (Å²) in [5, 5.41) is 11.3. The fourth-order valence-corrected chi connectivity index (χ4v) is 9.15. The summed E-state index contributed by atoms with van der Waals surface area (Å²) in [6.45, 7) is 12.5. The Hall–Kier alpha value is -3.43. The molecule has 2 aromatic rings. The molecule has 0 saturated carbocycles. The quantitative estimate of drug-likeness (QED) is 0.333. The zero-order chi connectivity index (χ0) is 26.6. The highest BCUT2D eigenvalue weighted by molar-refractivity contribution is 6.99. The van der Waals surface area contributed by atoms with Crippen LogP contribution in [0.3, 0.4) is 0 Å². The minimum absolute atomic E-state index is 0.107. The average molecular weight is 503 g/mol. The van der Waals surface area contributed by atoms with Crippen LogP contribution in [0, 0.1) is 11.3 Å². The van der Waals surface area contributed by atoms with Crippen molar-refractivity contribution in [2.75, 3.05) is 13.2 Å². The number of likely N-dealkylation sites (tertiary alicyclic amines) is 1. The second kappa shape index (κ2) is 10.7. The third kappa shape index (κ3) is 5.68. The number of amides is 1. The third-order valence-corrected chi connectivity index (χ3v) is 11.2. The first kappa shape index (κ1) is 27.2. The van der Waals surface area contributed by atoms with Gasteiger partial charge in [-0.25, -0.2) is 9.59 Å². The molecule has 0 bridgehead atoms. The van der Waals surface area contributed by atoms with E-state index in [-0.39, 0.29) is 23.8 Å². The lowest BCUT2D eigenvalue weighted by Crippen LogP contribution is -2.68. The Morgan fingerprint density at radius 1 is 1.03 bits per heavy atom. The van der Waals surface area contributed by atoms with E-state index in [0.717, 1.165) is 15.9 Å². The van der Waals surface area contributed by atoms with E-state index in [0.29, 0.717) is 0 Å². The summed E-state index contributed by atoms with van der Waals surface area (Å²) in [4.78, 5) is 25.7. The molecule has 1 atom stereocenters. The van der Waals surface area contributed by atoms with Crippen LogP contribution < -0.4 is 10.4 Å².